The predicted molar refractivity (Wildman–Crippen MR) is 114 cm³/mol. The Bertz CT molecular complexity index is 1170. The molecule has 1 aliphatic heterocycles. The van der Waals surface area contributed by atoms with E-state index >= 15 is 0 Å². The predicted octanol–water partition coefficient (Wildman–Crippen LogP) is 0.185. The van der Waals surface area contributed by atoms with Gasteiger partial charge in [-0.15, -0.1) is 0 Å². The van der Waals surface area contributed by atoms with Crippen LogP contribution in [-0.4, -0.2) is 63.8 Å². The van der Waals surface area contributed by atoms with Crippen molar-refractivity contribution in [3.8, 4) is 5.88 Å². The highest BCUT2D eigenvalue weighted by molar-refractivity contribution is 5.96. The van der Waals surface area contributed by atoms with Crippen LogP contribution in [0.5, 0.6) is 5.88 Å². The smallest absolute Gasteiger partial charge is 0.378 e. The molecule has 0 radical (unpaired) electrons. The number of nitrogens with one attached hydrogen (secondary N) is 2. The molecular weight excluding hydrogens is 414 g/mol. The van der Waals surface area contributed by atoms with Crippen molar-refractivity contribution in [1.29, 1.82) is 0 Å². The molecule has 0 unspecified atom stereocenters. The summed E-state index contributed by atoms with van der Waals surface area (Å²) >= 11 is 0. The molecular formula is C22H28N5O5+. The van der Waals surface area contributed by atoms with Crippen molar-refractivity contribution >= 4 is 23.5 Å². The number of H-pyrrole nitrogens is 1. The molecule has 2 aromatic rings. The summed E-state index contributed by atoms with van der Waals surface area (Å²) < 4.78 is 8.17. The molecule has 10 nitrogen and oxygen atoms in total. The van der Waals surface area contributed by atoms with E-state index in [0.29, 0.717) is 44.1 Å². The fraction of sp³-hybridized carbons (Fsp3) is 0.545. The lowest BCUT2D eigenvalue weighted by atomic mass is 10.1. The van der Waals surface area contributed by atoms with Crippen LogP contribution in [0.1, 0.15) is 48.5 Å². The van der Waals surface area contributed by atoms with E-state index in [9.17, 15) is 19.5 Å². The third kappa shape index (κ3) is 3.90. The minimum Gasteiger partial charge on any atom is -0.477 e. The van der Waals surface area contributed by atoms with Crippen LogP contribution in [0.15, 0.2) is 17.1 Å². The van der Waals surface area contributed by atoms with Crippen molar-refractivity contribution < 1.29 is 24.0 Å². The molecule has 2 aliphatic carbocycles. The van der Waals surface area contributed by atoms with Crippen molar-refractivity contribution in [2.75, 3.05) is 26.3 Å². The quantitative estimate of drug-likeness (QED) is 0.436. The molecule has 0 bridgehead atoms. The highest BCUT2D eigenvalue weighted by atomic mass is 16.5. The standard InChI is InChI=1S/C22H27N5O5/c1-22(6-7-22)13-26-19-14(2-5-16(28)25-8-10-32-11-9-25)12-23-27(19)21(31)17(20(26)30)18(29)24-15-3-4-15/h2,5,12,15H,3-4,6-11,13H2,1H3,(H2,24,29,30,31)/p+1/b5-2+. The molecule has 10 heteroatoms. The number of ether oxygens (including phenoxy) is 1. The van der Waals surface area contributed by atoms with Crippen molar-refractivity contribution in [2.45, 2.75) is 45.2 Å². The van der Waals surface area contributed by atoms with E-state index in [0.717, 1.165) is 25.7 Å². The first-order chi connectivity index (χ1) is 15.4. The number of fused-ring (bicyclic) bond motifs is 1. The summed E-state index contributed by atoms with van der Waals surface area (Å²) in [5, 5.41) is 16.7. The van der Waals surface area contributed by atoms with E-state index in [4.69, 9.17) is 4.74 Å². The Morgan fingerprint density at radius 3 is 2.72 bits per heavy atom. The van der Waals surface area contributed by atoms with Crippen LogP contribution in [0.25, 0.3) is 11.7 Å². The topological polar surface area (TPSA) is 120 Å². The van der Waals surface area contributed by atoms with Gasteiger partial charge in [-0.1, -0.05) is 11.4 Å². The first kappa shape index (κ1) is 20.7. The maximum Gasteiger partial charge on any atom is 0.378 e. The number of nitrogens with zero attached hydrogens (tertiary/aromatic N) is 3. The molecule has 3 aliphatic rings. The molecule has 0 atom stereocenters. The zero-order valence-electron chi connectivity index (χ0n) is 18.1. The summed E-state index contributed by atoms with van der Waals surface area (Å²) in [5.74, 6) is -1.04. The molecule has 2 saturated carbocycles. The second-order valence-electron chi connectivity index (χ2n) is 9.31. The number of aromatic nitrogens is 3. The molecule has 3 N–H and O–H groups in total. The van der Waals surface area contributed by atoms with Gasteiger partial charge in [-0.2, -0.15) is 4.57 Å². The van der Waals surface area contributed by atoms with Gasteiger partial charge in [0, 0.05) is 30.6 Å². The van der Waals surface area contributed by atoms with Crippen molar-refractivity contribution in [3.63, 3.8) is 0 Å². The van der Waals surface area contributed by atoms with Crippen molar-refractivity contribution in [1.82, 2.24) is 19.8 Å². The van der Waals surface area contributed by atoms with Crippen molar-refractivity contribution in [2.24, 2.45) is 5.41 Å². The number of hydrogen-bond donors (Lipinski definition) is 3. The van der Waals surface area contributed by atoms with Crippen molar-refractivity contribution in [3.05, 3.63) is 33.8 Å². The van der Waals surface area contributed by atoms with E-state index in [-0.39, 0.29) is 28.8 Å². The Balaban J connectivity index is 1.56. The molecule has 170 valence electrons. The number of amides is 2. The van der Waals surface area contributed by atoms with Crippen LogP contribution in [0, 0.1) is 5.41 Å². The summed E-state index contributed by atoms with van der Waals surface area (Å²) in [7, 11) is 0. The Morgan fingerprint density at radius 2 is 2.06 bits per heavy atom. The van der Waals surface area contributed by atoms with Gasteiger partial charge in [0.2, 0.25) is 11.5 Å². The summed E-state index contributed by atoms with van der Waals surface area (Å²) in [5.41, 5.74) is 0.117. The minimum absolute atomic E-state index is 0.00779. The molecule has 2 aromatic heterocycles. The lowest BCUT2D eigenvalue weighted by molar-refractivity contribution is -0.689. The number of morpholine rings is 1. The fourth-order valence-corrected chi connectivity index (χ4v) is 4.02. The van der Waals surface area contributed by atoms with E-state index in [1.807, 2.05) is 0 Å². The van der Waals surface area contributed by atoms with E-state index < -0.39 is 11.5 Å². The fourth-order valence-electron chi connectivity index (χ4n) is 4.02. The Labute approximate surface area is 184 Å². The molecule has 0 aromatic carbocycles. The van der Waals surface area contributed by atoms with Crippen LogP contribution < -0.4 is 15.4 Å². The van der Waals surface area contributed by atoms with Crippen LogP contribution in [0.2, 0.25) is 0 Å². The van der Waals surface area contributed by atoms with Gasteiger partial charge >= 0.3 is 17.1 Å². The number of aromatic amines is 1. The van der Waals surface area contributed by atoms with Gasteiger partial charge in [0.25, 0.3) is 5.91 Å². The molecule has 0 spiro atoms. The van der Waals surface area contributed by atoms with Gasteiger partial charge in [0.15, 0.2) is 0 Å². The SMILES string of the molecule is CC1(C[n+]2c(O)c(C(=O)NC3CC3)c(=O)n3[nH]cc(/C=C/C(=O)N4CCOCC4)c32)CC1. The Kier molecular flexibility index (Phi) is 5.04. The van der Waals surface area contributed by atoms with Gasteiger partial charge in [0.1, 0.15) is 0 Å². The molecule has 3 heterocycles. The van der Waals surface area contributed by atoms with Crippen LogP contribution in [0.3, 0.4) is 0 Å². The maximum atomic E-state index is 13.1. The van der Waals surface area contributed by atoms with E-state index in [1.165, 1.54) is 10.6 Å². The molecule has 3 fully saturated rings. The van der Waals surface area contributed by atoms with Gasteiger partial charge in [-0.25, -0.2) is 9.89 Å². The second kappa shape index (κ2) is 7.77. The highest BCUT2D eigenvalue weighted by Crippen LogP contribution is 2.45. The summed E-state index contributed by atoms with van der Waals surface area (Å²) in [4.78, 5) is 40.1. The molecule has 1 saturated heterocycles. The average molecular weight is 442 g/mol. The second-order valence-corrected chi connectivity index (χ2v) is 9.31. The van der Waals surface area contributed by atoms with E-state index in [2.05, 4.69) is 17.3 Å². The van der Waals surface area contributed by atoms with Gasteiger partial charge in [0.05, 0.1) is 31.5 Å². The zero-order chi connectivity index (χ0) is 22.5. The van der Waals surface area contributed by atoms with Gasteiger partial charge in [-0.05, 0) is 31.8 Å². The largest absolute Gasteiger partial charge is 0.477 e. The number of carbonyl (C=O) groups excluding carboxylic acids is 2. The van der Waals surface area contributed by atoms with Gasteiger partial charge in [-0.3, -0.25) is 9.59 Å². The van der Waals surface area contributed by atoms with Crippen LogP contribution >= 0.6 is 0 Å². The first-order valence-electron chi connectivity index (χ1n) is 11.1. The maximum absolute atomic E-state index is 13.1. The molecule has 2 amide bonds. The third-order valence-electron chi connectivity index (χ3n) is 6.48. The summed E-state index contributed by atoms with van der Waals surface area (Å²) in [6, 6.07) is 0.0599. The highest BCUT2D eigenvalue weighted by Gasteiger charge is 2.43. The Morgan fingerprint density at radius 1 is 1.34 bits per heavy atom. The molecule has 32 heavy (non-hydrogen) atoms. The minimum atomic E-state index is -0.619. The molecule has 5 rings (SSSR count). The first-order valence-corrected chi connectivity index (χ1v) is 11.1. The number of carbonyl (C=O) groups is 2. The van der Waals surface area contributed by atoms with Crippen LogP contribution in [0.4, 0.5) is 0 Å². The Hall–Kier alpha value is -3.14. The van der Waals surface area contributed by atoms with Gasteiger partial charge < -0.3 is 20.1 Å². The average Bonchev–Trinajstić information content (AvgIpc) is 3.69. The monoisotopic (exact) mass is 442 g/mol. The lowest BCUT2D eigenvalue weighted by Gasteiger charge is -2.25. The number of rotatable bonds is 6. The third-order valence-corrected chi connectivity index (χ3v) is 6.48. The summed E-state index contributed by atoms with van der Waals surface area (Å²) in [6.45, 7) is 4.67. The number of aromatic hydroxyl groups is 1. The lowest BCUT2D eigenvalue weighted by Crippen LogP contribution is -2.46. The van der Waals surface area contributed by atoms with E-state index in [1.54, 1.807) is 21.7 Å². The summed E-state index contributed by atoms with van der Waals surface area (Å²) in [6.07, 6.45) is 8.46. The zero-order valence-corrected chi connectivity index (χ0v) is 18.1. The van der Waals surface area contributed by atoms with Crippen LogP contribution in [-0.2, 0) is 16.1 Å². The number of hydrogen-bond acceptors (Lipinski definition) is 5. The normalized spacial score (nSPS) is 20.1.